The van der Waals surface area contributed by atoms with Crippen LogP contribution >= 0.6 is 0 Å². The second-order valence-corrected chi connectivity index (χ2v) is 7.56. The molecule has 0 fully saturated rings. The maximum atomic E-state index is 11.2. The topological polar surface area (TPSA) is 26.3 Å². The minimum absolute atomic E-state index is 0.0180. The number of esters is 1. The van der Waals surface area contributed by atoms with Gasteiger partial charge in [0, 0.05) is 6.92 Å². The molecule has 0 bridgehead atoms. The third-order valence-corrected chi connectivity index (χ3v) is 4.04. The van der Waals surface area contributed by atoms with Crippen LogP contribution in [0.3, 0.4) is 0 Å². The Kier molecular flexibility index (Phi) is 5.23. The van der Waals surface area contributed by atoms with Crippen molar-refractivity contribution in [3.63, 3.8) is 0 Å². The first-order valence-electron chi connectivity index (χ1n) is 7.45. The molecule has 19 heavy (non-hydrogen) atoms. The van der Waals surface area contributed by atoms with Gasteiger partial charge in [0.15, 0.2) is 0 Å². The standard InChI is InChI=1S/C17H30O2/c1-11-8-15(13(3)10-17(5,6)7)9-12(2)16(11)19-14(4)18/h8,12-13,15-16H,9-10H2,1-7H3. The molecule has 0 saturated carbocycles. The Bertz CT molecular complexity index is 349. The van der Waals surface area contributed by atoms with Crippen molar-refractivity contribution in [2.24, 2.45) is 23.2 Å². The van der Waals surface area contributed by atoms with Gasteiger partial charge in [0.05, 0.1) is 0 Å². The van der Waals surface area contributed by atoms with Crippen LogP contribution < -0.4 is 0 Å². The second kappa shape index (κ2) is 6.11. The van der Waals surface area contributed by atoms with E-state index in [9.17, 15) is 4.79 Å². The Labute approximate surface area is 118 Å². The lowest BCUT2D eigenvalue weighted by atomic mass is 9.72. The Morgan fingerprint density at radius 3 is 2.47 bits per heavy atom. The molecule has 0 amide bonds. The first-order valence-corrected chi connectivity index (χ1v) is 7.45. The van der Waals surface area contributed by atoms with E-state index in [-0.39, 0.29) is 12.1 Å². The molecule has 0 N–H and O–H groups in total. The third kappa shape index (κ3) is 5.00. The van der Waals surface area contributed by atoms with Crippen LogP contribution in [0, 0.1) is 23.2 Å². The van der Waals surface area contributed by atoms with Crippen LogP contribution in [-0.4, -0.2) is 12.1 Å². The van der Waals surface area contributed by atoms with Crippen LogP contribution in [0.1, 0.15) is 61.3 Å². The highest BCUT2D eigenvalue weighted by Gasteiger charge is 2.32. The molecule has 0 spiro atoms. The SMILES string of the molecule is CC(=O)OC1C(C)=CC(C(C)CC(C)(C)C)CC1C. The van der Waals surface area contributed by atoms with Crippen LogP contribution in [0.4, 0.5) is 0 Å². The number of hydrogen-bond acceptors (Lipinski definition) is 2. The average molecular weight is 266 g/mol. The molecule has 2 nitrogen and oxygen atoms in total. The lowest BCUT2D eigenvalue weighted by Gasteiger charge is -2.36. The van der Waals surface area contributed by atoms with E-state index in [0.29, 0.717) is 23.2 Å². The first-order chi connectivity index (χ1) is 8.60. The van der Waals surface area contributed by atoms with Crippen molar-refractivity contribution in [3.8, 4) is 0 Å². The van der Waals surface area contributed by atoms with E-state index >= 15 is 0 Å². The minimum Gasteiger partial charge on any atom is -0.458 e. The molecule has 4 unspecified atom stereocenters. The van der Waals surface area contributed by atoms with E-state index in [2.05, 4.69) is 47.6 Å². The molecule has 0 aromatic rings. The predicted molar refractivity (Wildman–Crippen MR) is 79.8 cm³/mol. The van der Waals surface area contributed by atoms with Crippen molar-refractivity contribution in [1.29, 1.82) is 0 Å². The van der Waals surface area contributed by atoms with Crippen molar-refractivity contribution in [2.75, 3.05) is 0 Å². The largest absolute Gasteiger partial charge is 0.458 e. The van der Waals surface area contributed by atoms with Gasteiger partial charge in [-0.1, -0.05) is 40.7 Å². The normalized spacial score (nSPS) is 29.6. The number of carbonyl (C=O) groups is 1. The van der Waals surface area contributed by atoms with Crippen LogP contribution in [0.2, 0.25) is 0 Å². The summed E-state index contributed by atoms with van der Waals surface area (Å²) in [6.45, 7) is 15.0. The lowest BCUT2D eigenvalue weighted by molar-refractivity contribution is -0.147. The molecule has 4 atom stereocenters. The quantitative estimate of drug-likeness (QED) is 0.551. The van der Waals surface area contributed by atoms with E-state index in [1.165, 1.54) is 18.9 Å². The van der Waals surface area contributed by atoms with Crippen LogP contribution in [0.25, 0.3) is 0 Å². The van der Waals surface area contributed by atoms with Crippen molar-refractivity contribution in [3.05, 3.63) is 11.6 Å². The molecule has 0 radical (unpaired) electrons. The monoisotopic (exact) mass is 266 g/mol. The van der Waals surface area contributed by atoms with E-state index in [1.54, 1.807) is 0 Å². The van der Waals surface area contributed by atoms with Gasteiger partial charge in [0.1, 0.15) is 6.10 Å². The van der Waals surface area contributed by atoms with Crippen LogP contribution in [-0.2, 0) is 9.53 Å². The fraction of sp³-hybridized carbons (Fsp3) is 0.824. The van der Waals surface area contributed by atoms with Gasteiger partial charge in [0.2, 0.25) is 0 Å². The number of carbonyl (C=O) groups excluding carboxylic acids is 1. The summed E-state index contributed by atoms with van der Waals surface area (Å²) in [6.07, 6.45) is 4.67. The summed E-state index contributed by atoms with van der Waals surface area (Å²) >= 11 is 0. The predicted octanol–water partition coefficient (Wildman–Crippen LogP) is 4.59. The summed E-state index contributed by atoms with van der Waals surface area (Å²) < 4.78 is 5.44. The molecule has 110 valence electrons. The van der Waals surface area contributed by atoms with Crippen molar-refractivity contribution >= 4 is 5.97 Å². The van der Waals surface area contributed by atoms with Gasteiger partial charge < -0.3 is 4.74 Å². The van der Waals surface area contributed by atoms with E-state index in [1.807, 2.05) is 0 Å². The van der Waals surface area contributed by atoms with Crippen molar-refractivity contribution < 1.29 is 9.53 Å². The number of ether oxygens (including phenoxy) is 1. The zero-order valence-corrected chi connectivity index (χ0v) is 13.6. The van der Waals surface area contributed by atoms with Crippen molar-refractivity contribution in [2.45, 2.75) is 67.4 Å². The van der Waals surface area contributed by atoms with E-state index in [0.717, 1.165) is 6.42 Å². The van der Waals surface area contributed by atoms with Crippen LogP contribution in [0.5, 0.6) is 0 Å². The Balaban J connectivity index is 2.75. The van der Waals surface area contributed by atoms with Gasteiger partial charge in [0.25, 0.3) is 0 Å². The second-order valence-electron chi connectivity index (χ2n) is 7.56. The average Bonchev–Trinajstić information content (AvgIpc) is 2.20. The maximum absolute atomic E-state index is 11.2. The molecule has 0 aromatic heterocycles. The van der Waals surface area contributed by atoms with Gasteiger partial charge in [-0.15, -0.1) is 0 Å². The summed E-state index contributed by atoms with van der Waals surface area (Å²) in [4.78, 5) is 11.2. The van der Waals surface area contributed by atoms with Crippen molar-refractivity contribution in [1.82, 2.24) is 0 Å². The zero-order chi connectivity index (χ0) is 14.8. The summed E-state index contributed by atoms with van der Waals surface area (Å²) in [5.74, 6) is 1.53. The summed E-state index contributed by atoms with van der Waals surface area (Å²) in [7, 11) is 0. The molecule has 1 rings (SSSR count). The molecule has 2 heteroatoms. The number of allylic oxidation sites excluding steroid dienone is 1. The fourth-order valence-electron chi connectivity index (χ4n) is 3.40. The minimum atomic E-state index is -0.175. The van der Waals surface area contributed by atoms with E-state index < -0.39 is 0 Å². The molecule has 0 aliphatic heterocycles. The molecule has 1 aliphatic rings. The Hall–Kier alpha value is -0.790. The molecule has 0 heterocycles. The highest BCUT2D eigenvalue weighted by atomic mass is 16.5. The van der Waals surface area contributed by atoms with Crippen LogP contribution in [0.15, 0.2) is 11.6 Å². The molecule has 0 saturated heterocycles. The number of hydrogen-bond donors (Lipinski definition) is 0. The molecule has 0 aromatic carbocycles. The number of rotatable bonds is 3. The van der Waals surface area contributed by atoms with Gasteiger partial charge in [-0.05, 0) is 48.5 Å². The summed E-state index contributed by atoms with van der Waals surface area (Å²) in [5.41, 5.74) is 1.59. The van der Waals surface area contributed by atoms with E-state index in [4.69, 9.17) is 4.74 Å². The highest BCUT2D eigenvalue weighted by molar-refractivity contribution is 5.66. The maximum Gasteiger partial charge on any atom is 0.303 e. The van der Waals surface area contributed by atoms with Gasteiger partial charge in [-0.2, -0.15) is 0 Å². The highest BCUT2D eigenvalue weighted by Crippen LogP contribution is 2.38. The smallest absolute Gasteiger partial charge is 0.303 e. The summed E-state index contributed by atoms with van der Waals surface area (Å²) in [6, 6.07) is 0. The van der Waals surface area contributed by atoms with Gasteiger partial charge >= 0.3 is 5.97 Å². The summed E-state index contributed by atoms with van der Waals surface area (Å²) in [5, 5.41) is 0. The molecular formula is C17H30O2. The Morgan fingerprint density at radius 1 is 1.47 bits per heavy atom. The van der Waals surface area contributed by atoms with Gasteiger partial charge in [-0.25, -0.2) is 0 Å². The molecule has 1 aliphatic carbocycles. The van der Waals surface area contributed by atoms with Gasteiger partial charge in [-0.3, -0.25) is 4.79 Å². The fourth-order valence-corrected chi connectivity index (χ4v) is 3.40. The zero-order valence-electron chi connectivity index (χ0n) is 13.6. The third-order valence-electron chi connectivity index (χ3n) is 4.04. The Morgan fingerprint density at radius 2 is 2.05 bits per heavy atom. The first kappa shape index (κ1) is 16.3. The lowest BCUT2D eigenvalue weighted by Crippen LogP contribution is -2.33. The molecular weight excluding hydrogens is 236 g/mol.